The molecular weight excluding hydrogens is 98.1 g/mol. The molecule has 0 rings (SSSR count). The Hall–Kier alpha value is -0.330. The fourth-order valence-corrected chi connectivity index (χ4v) is 0.729. The van der Waals surface area contributed by atoms with Crippen molar-refractivity contribution in [1.29, 1.82) is 5.41 Å². The first-order valence-electron chi connectivity index (χ1n) is 3.37. The Balaban J connectivity index is 3.06. The summed E-state index contributed by atoms with van der Waals surface area (Å²) in [6, 6.07) is 0. The summed E-state index contributed by atoms with van der Waals surface area (Å²) in [6.07, 6.45) is 4.24. The van der Waals surface area contributed by atoms with E-state index in [4.69, 9.17) is 5.41 Å². The number of rotatable bonds is 4. The van der Waals surface area contributed by atoms with E-state index in [1.54, 1.807) is 0 Å². The van der Waals surface area contributed by atoms with Crippen molar-refractivity contribution in [3.8, 4) is 0 Å². The van der Waals surface area contributed by atoms with Gasteiger partial charge in [-0.1, -0.05) is 26.7 Å². The molecular formula is C7H15N. The van der Waals surface area contributed by atoms with E-state index >= 15 is 0 Å². The molecule has 0 fully saturated rings. The quantitative estimate of drug-likeness (QED) is 0.542. The van der Waals surface area contributed by atoms with E-state index < -0.39 is 0 Å². The van der Waals surface area contributed by atoms with Crippen molar-refractivity contribution in [1.82, 2.24) is 0 Å². The van der Waals surface area contributed by atoms with Gasteiger partial charge < -0.3 is 5.41 Å². The normalized spacial score (nSPS) is 9.25. The molecule has 0 aliphatic carbocycles. The molecule has 0 aromatic rings. The molecule has 1 N–H and O–H groups in total. The fraction of sp³-hybridized carbons (Fsp3) is 0.857. The first kappa shape index (κ1) is 7.67. The lowest BCUT2D eigenvalue weighted by Crippen LogP contribution is -1.92. The monoisotopic (exact) mass is 113 g/mol. The third-order valence-electron chi connectivity index (χ3n) is 1.10. The van der Waals surface area contributed by atoms with Gasteiger partial charge in [-0.2, -0.15) is 0 Å². The van der Waals surface area contributed by atoms with E-state index in [1.165, 1.54) is 0 Å². The van der Waals surface area contributed by atoms with Gasteiger partial charge in [-0.25, -0.2) is 0 Å². The highest BCUT2D eigenvalue weighted by Gasteiger charge is 1.90. The highest BCUT2D eigenvalue weighted by Crippen LogP contribution is 1.96. The molecule has 0 aliphatic heterocycles. The van der Waals surface area contributed by atoms with Crippen LogP contribution in [0.2, 0.25) is 0 Å². The standard InChI is InChI=1S/C7H15N/c1-3-5-7(8)6-4-2/h8H,3-6H2,1-2H3. The van der Waals surface area contributed by atoms with Crippen LogP contribution in [0.3, 0.4) is 0 Å². The zero-order chi connectivity index (χ0) is 6.41. The topological polar surface area (TPSA) is 23.9 Å². The fourth-order valence-electron chi connectivity index (χ4n) is 0.729. The van der Waals surface area contributed by atoms with Crippen LogP contribution in [0, 0.1) is 5.41 Å². The summed E-state index contributed by atoms with van der Waals surface area (Å²) < 4.78 is 0. The molecule has 0 radical (unpaired) electrons. The molecule has 0 bridgehead atoms. The largest absolute Gasteiger partial charge is 0.310 e. The van der Waals surface area contributed by atoms with E-state index in [9.17, 15) is 0 Å². The molecule has 0 unspecified atom stereocenters. The Morgan fingerprint density at radius 3 is 1.75 bits per heavy atom. The Morgan fingerprint density at radius 1 is 1.12 bits per heavy atom. The van der Waals surface area contributed by atoms with Crippen molar-refractivity contribution in [3.63, 3.8) is 0 Å². The van der Waals surface area contributed by atoms with Gasteiger partial charge in [0.1, 0.15) is 0 Å². The summed E-state index contributed by atoms with van der Waals surface area (Å²) in [7, 11) is 0. The SMILES string of the molecule is CCCC(=N)CCC. The molecule has 1 heteroatoms. The second kappa shape index (κ2) is 4.82. The molecule has 0 spiro atoms. The lowest BCUT2D eigenvalue weighted by Gasteiger charge is -1.95. The van der Waals surface area contributed by atoms with Crippen LogP contribution in [0.5, 0.6) is 0 Å². The summed E-state index contributed by atoms with van der Waals surface area (Å²) in [5.74, 6) is 0. The predicted molar refractivity (Wildman–Crippen MR) is 37.5 cm³/mol. The molecule has 0 amide bonds. The van der Waals surface area contributed by atoms with Crippen LogP contribution >= 0.6 is 0 Å². The maximum atomic E-state index is 7.29. The van der Waals surface area contributed by atoms with Gasteiger partial charge in [-0.15, -0.1) is 0 Å². The van der Waals surface area contributed by atoms with Gasteiger partial charge in [-0.3, -0.25) is 0 Å². The van der Waals surface area contributed by atoms with Gasteiger partial charge in [0.05, 0.1) is 0 Å². The summed E-state index contributed by atoms with van der Waals surface area (Å²) in [6.45, 7) is 4.23. The molecule has 8 heavy (non-hydrogen) atoms. The maximum Gasteiger partial charge on any atom is 0.00889 e. The van der Waals surface area contributed by atoms with Crippen LogP contribution in [0.1, 0.15) is 39.5 Å². The molecule has 0 saturated heterocycles. The van der Waals surface area contributed by atoms with E-state index in [0.29, 0.717) is 0 Å². The molecule has 0 atom stereocenters. The van der Waals surface area contributed by atoms with Crippen molar-refractivity contribution >= 4 is 5.71 Å². The molecule has 0 aromatic heterocycles. The Kier molecular flexibility index (Phi) is 4.62. The van der Waals surface area contributed by atoms with Gasteiger partial charge in [0.2, 0.25) is 0 Å². The smallest absolute Gasteiger partial charge is 0.00889 e. The summed E-state index contributed by atoms with van der Waals surface area (Å²) in [4.78, 5) is 0. The maximum absolute atomic E-state index is 7.29. The molecule has 48 valence electrons. The molecule has 1 nitrogen and oxygen atoms in total. The van der Waals surface area contributed by atoms with Gasteiger partial charge in [0.15, 0.2) is 0 Å². The van der Waals surface area contributed by atoms with Gasteiger partial charge in [-0.05, 0) is 12.8 Å². The first-order valence-corrected chi connectivity index (χ1v) is 3.37. The summed E-state index contributed by atoms with van der Waals surface area (Å²) >= 11 is 0. The lowest BCUT2D eigenvalue weighted by atomic mass is 10.1. The Labute approximate surface area is 51.6 Å². The summed E-state index contributed by atoms with van der Waals surface area (Å²) in [5, 5.41) is 7.29. The molecule has 0 heterocycles. The Bertz CT molecular complexity index is 58.8. The van der Waals surface area contributed by atoms with Crippen LogP contribution in [0.15, 0.2) is 0 Å². The van der Waals surface area contributed by atoms with Crippen molar-refractivity contribution in [3.05, 3.63) is 0 Å². The van der Waals surface area contributed by atoms with Crippen LogP contribution in [0.4, 0.5) is 0 Å². The second-order valence-electron chi connectivity index (χ2n) is 2.10. The van der Waals surface area contributed by atoms with Crippen molar-refractivity contribution < 1.29 is 0 Å². The van der Waals surface area contributed by atoms with Crippen LogP contribution < -0.4 is 0 Å². The van der Waals surface area contributed by atoms with Crippen LogP contribution in [-0.2, 0) is 0 Å². The van der Waals surface area contributed by atoms with Crippen molar-refractivity contribution in [2.24, 2.45) is 0 Å². The average Bonchev–Trinajstić information content (AvgIpc) is 1.68. The number of hydrogen-bond acceptors (Lipinski definition) is 1. The third-order valence-corrected chi connectivity index (χ3v) is 1.10. The zero-order valence-electron chi connectivity index (χ0n) is 5.83. The van der Waals surface area contributed by atoms with Crippen molar-refractivity contribution in [2.45, 2.75) is 39.5 Å². The number of nitrogens with one attached hydrogen (secondary N) is 1. The average molecular weight is 113 g/mol. The van der Waals surface area contributed by atoms with E-state index in [2.05, 4.69) is 13.8 Å². The van der Waals surface area contributed by atoms with Crippen molar-refractivity contribution in [2.75, 3.05) is 0 Å². The minimum atomic E-state index is 0.912. The predicted octanol–water partition coefficient (Wildman–Crippen LogP) is 2.61. The lowest BCUT2D eigenvalue weighted by molar-refractivity contribution is 0.906. The van der Waals surface area contributed by atoms with E-state index in [-0.39, 0.29) is 0 Å². The minimum Gasteiger partial charge on any atom is -0.310 e. The number of hydrogen-bond donors (Lipinski definition) is 1. The Morgan fingerprint density at radius 2 is 1.50 bits per heavy atom. The van der Waals surface area contributed by atoms with E-state index in [0.717, 1.165) is 31.4 Å². The molecule has 0 aromatic carbocycles. The third kappa shape index (κ3) is 3.85. The zero-order valence-corrected chi connectivity index (χ0v) is 5.83. The molecule has 0 saturated carbocycles. The first-order chi connectivity index (χ1) is 3.81. The van der Waals surface area contributed by atoms with Gasteiger partial charge in [0.25, 0.3) is 0 Å². The second-order valence-corrected chi connectivity index (χ2v) is 2.10. The summed E-state index contributed by atoms with van der Waals surface area (Å²) in [5.41, 5.74) is 0.912. The van der Waals surface area contributed by atoms with Crippen LogP contribution in [-0.4, -0.2) is 5.71 Å². The highest BCUT2D eigenvalue weighted by molar-refractivity contribution is 5.81. The molecule has 0 aliphatic rings. The minimum absolute atomic E-state index is 0.912. The highest BCUT2D eigenvalue weighted by atomic mass is 14.4. The van der Waals surface area contributed by atoms with Crippen LogP contribution in [0.25, 0.3) is 0 Å². The van der Waals surface area contributed by atoms with E-state index in [1.807, 2.05) is 0 Å². The van der Waals surface area contributed by atoms with Gasteiger partial charge in [0, 0.05) is 5.71 Å². The van der Waals surface area contributed by atoms with Gasteiger partial charge >= 0.3 is 0 Å².